The predicted octanol–water partition coefficient (Wildman–Crippen LogP) is 4.88. The fraction of sp³-hybridized carbons (Fsp3) is 0.100. The zero-order valence-electron chi connectivity index (χ0n) is 14.5. The highest BCUT2D eigenvalue weighted by Crippen LogP contribution is 2.29. The van der Waals surface area contributed by atoms with Crippen LogP contribution >= 0.6 is 11.6 Å². The van der Waals surface area contributed by atoms with Crippen LogP contribution < -0.4 is 9.04 Å². The normalized spacial score (nSPS) is 11.2. The molecule has 0 saturated carbocycles. The third-order valence-corrected chi connectivity index (χ3v) is 5.95. The molecule has 0 aromatic heterocycles. The maximum atomic E-state index is 13.6. The fourth-order valence-corrected chi connectivity index (χ4v) is 4.30. The van der Waals surface area contributed by atoms with Gasteiger partial charge >= 0.3 is 0 Å². The zero-order chi connectivity index (χ0) is 19.4. The van der Waals surface area contributed by atoms with Crippen LogP contribution in [0.15, 0.2) is 77.7 Å². The van der Waals surface area contributed by atoms with Crippen LogP contribution in [0.2, 0.25) is 5.02 Å². The van der Waals surface area contributed by atoms with E-state index in [0.29, 0.717) is 22.0 Å². The van der Waals surface area contributed by atoms with Crippen molar-refractivity contribution in [1.82, 2.24) is 0 Å². The van der Waals surface area contributed by atoms with Gasteiger partial charge in [-0.05, 0) is 54.1 Å². The van der Waals surface area contributed by atoms with E-state index in [0.717, 1.165) is 6.07 Å². The Morgan fingerprint density at radius 1 is 1.00 bits per heavy atom. The fourth-order valence-electron chi connectivity index (χ4n) is 2.64. The van der Waals surface area contributed by atoms with Crippen LogP contribution in [-0.4, -0.2) is 15.5 Å². The minimum Gasteiger partial charge on any atom is -0.497 e. The summed E-state index contributed by atoms with van der Waals surface area (Å²) < 4.78 is 46.5. The number of anilines is 1. The summed E-state index contributed by atoms with van der Waals surface area (Å²) in [7, 11) is -2.48. The molecular formula is C20H17ClFNO3S. The molecule has 3 aromatic rings. The van der Waals surface area contributed by atoms with Crippen molar-refractivity contribution in [2.45, 2.75) is 11.4 Å². The molecule has 140 valence electrons. The van der Waals surface area contributed by atoms with E-state index in [4.69, 9.17) is 16.3 Å². The van der Waals surface area contributed by atoms with Crippen molar-refractivity contribution in [3.05, 3.63) is 89.2 Å². The predicted molar refractivity (Wildman–Crippen MR) is 104 cm³/mol. The van der Waals surface area contributed by atoms with Crippen LogP contribution in [-0.2, 0) is 16.6 Å². The van der Waals surface area contributed by atoms with Crippen molar-refractivity contribution >= 4 is 27.3 Å². The van der Waals surface area contributed by atoms with Gasteiger partial charge in [0.05, 0.1) is 24.2 Å². The molecular weight excluding hydrogens is 389 g/mol. The Hall–Kier alpha value is -2.57. The molecule has 0 aliphatic carbocycles. The van der Waals surface area contributed by atoms with Gasteiger partial charge in [-0.25, -0.2) is 12.8 Å². The summed E-state index contributed by atoms with van der Waals surface area (Å²) in [6, 6.07) is 18.5. The molecule has 7 heteroatoms. The first-order valence-corrected chi connectivity index (χ1v) is 9.89. The first kappa shape index (κ1) is 19.2. The Labute approximate surface area is 162 Å². The molecule has 3 aromatic carbocycles. The molecule has 27 heavy (non-hydrogen) atoms. The molecule has 0 N–H and O–H groups in total. The maximum absolute atomic E-state index is 13.6. The van der Waals surface area contributed by atoms with E-state index in [1.165, 1.54) is 29.6 Å². The molecule has 0 fully saturated rings. The lowest BCUT2D eigenvalue weighted by Crippen LogP contribution is -2.30. The zero-order valence-corrected chi connectivity index (χ0v) is 16.0. The van der Waals surface area contributed by atoms with Gasteiger partial charge in [0.15, 0.2) is 0 Å². The van der Waals surface area contributed by atoms with Crippen molar-refractivity contribution in [2.24, 2.45) is 0 Å². The van der Waals surface area contributed by atoms with Crippen molar-refractivity contribution in [2.75, 3.05) is 11.4 Å². The first-order chi connectivity index (χ1) is 12.9. The van der Waals surface area contributed by atoms with E-state index in [1.807, 2.05) is 0 Å². The lowest BCUT2D eigenvalue weighted by Gasteiger charge is -2.25. The summed E-state index contributed by atoms with van der Waals surface area (Å²) in [6.07, 6.45) is 0. The minimum absolute atomic E-state index is 0.0381. The van der Waals surface area contributed by atoms with E-state index in [1.54, 1.807) is 48.5 Å². The van der Waals surface area contributed by atoms with E-state index < -0.39 is 15.8 Å². The second-order valence-electron chi connectivity index (χ2n) is 5.80. The lowest BCUT2D eigenvalue weighted by atomic mass is 10.2. The maximum Gasteiger partial charge on any atom is 0.264 e. The Balaban J connectivity index is 2.09. The lowest BCUT2D eigenvalue weighted by molar-refractivity contribution is 0.414. The molecule has 0 aliphatic heterocycles. The van der Waals surface area contributed by atoms with Gasteiger partial charge in [-0.2, -0.15) is 0 Å². The van der Waals surface area contributed by atoms with Gasteiger partial charge in [-0.1, -0.05) is 35.9 Å². The van der Waals surface area contributed by atoms with Gasteiger partial charge in [0.1, 0.15) is 11.6 Å². The smallest absolute Gasteiger partial charge is 0.264 e. The van der Waals surface area contributed by atoms with Crippen molar-refractivity contribution in [3.63, 3.8) is 0 Å². The summed E-state index contributed by atoms with van der Waals surface area (Å²) in [6.45, 7) is 0.0381. The number of ether oxygens (including phenoxy) is 1. The topological polar surface area (TPSA) is 46.6 Å². The van der Waals surface area contributed by atoms with Crippen LogP contribution in [0.5, 0.6) is 5.75 Å². The molecule has 0 unspecified atom stereocenters. The number of hydrogen-bond acceptors (Lipinski definition) is 3. The molecule has 0 spiro atoms. The van der Waals surface area contributed by atoms with Crippen molar-refractivity contribution in [1.29, 1.82) is 0 Å². The number of hydrogen-bond donors (Lipinski definition) is 0. The van der Waals surface area contributed by atoms with Gasteiger partial charge in [0.2, 0.25) is 0 Å². The number of sulfonamides is 1. The molecule has 0 atom stereocenters. The van der Waals surface area contributed by atoms with Gasteiger partial charge in [0, 0.05) is 5.02 Å². The van der Waals surface area contributed by atoms with Crippen LogP contribution in [0.4, 0.5) is 10.1 Å². The summed E-state index contributed by atoms with van der Waals surface area (Å²) in [5, 5.41) is 0.401. The summed E-state index contributed by atoms with van der Waals surface area (Å²) >= 11 is 6.06. The highest BCUT2D eigenvalue weighted by atomic mass is 35.5. The third kappa shape index (κ3) is 4.40. The van der Waals surface area contributed by atoms with Crippen LogP contribution in [0.1, 0.15) is 5.56 Å². The molecule has 0 bridgehead atoms. The van der Waals surface area contributed by atoms with Gasteiger partial charge < -0.3 is 4.74 Å². The first-order valence-electron chi connectivity index (χ1n) is 8.07. The Kier molecular flexibility index (Phi) is 5.68. The SMILES string of the molecule is COc1cccc(CN(c2cccc(Cl)c2)S(=O)(=O)c2cccc(F)c2)c1. The second kappa shape index (κ2) is 7.98. The van der Waals surface area contributed by atoms with Crippen LogP contribution in [0.25, 0.3) is 0 Å². The molecule has 0 radical (unpaired) electrons. The van der Waals surface area contributed by atoms with Crippen LogP contribution in [0, 0.1) is 5.82 Å². The van der Waals surface area contributed by atoms with E-state index in [2.05, 4.69) is 0 Å². The highest BCUT2D eigenvalue weighted by Gasteiger charge is 2.26. The average Bonchev–Trinajstić information content (AvgIpc) is 2.66. The largest absolute Gasteiger partial charge is 0.497 e. The van der Waals surface area contributed by atoms with E-state index in [9.17, 15) is 12.8 Å². The quantitative estimate of drug-likeness (QED) is 0.587. The van der Waals surface area contributed by atoms with Crippen molar-refractivity contribution < 1.29 is 17.5 Å². The monoisotopic (exact) mass is 405 g/mol. The standard InChI is InChI=1S/C20H17ClFNO3S/c1-26-19-9-2-5-15(11-19)14-23(18-8-3-6-16(21)12-18)27(24,25)20-10-4-7-17(22)13-20/h2-13H,14H2,1H3. The van der Waals surface area contributed by atoms with Gasteiger partial charge in [0.25, 0.3) is 10.0 Å². The molecule has 0 amide bonds. The summed E-state index contributed by atoms with van der Waals surface area (Å²) in [4.78, 5) is -0.134. The van der Waals surface area contributed by atoms with Gasteiger partial charge in [-0.3, -0.25) is 4.31 Å². The molecule has 0 heterocycles. The molecule has 4 nitrogen and oxygen atoms in total. The molecule has 0 saturated heterocycles. The van der Waals surface area contributed by atoms with Crippen LogP contribution in [0.3, 0.4) is 0 Å². The summed E-state index contributed by atoms with van der Waals surface area (Å²) in [5.74, 6) is -0.00908. The Morgan fingerprint density at radius 2 is 1.74 bits per heavy atom. The molecule has 3 rings (SSSR count). The molecule has 0 aliphatic rings. The number of methoxy groups -OCH3 is 1. The third-order valence-electron chi connectivity index (χ3n) is 3.94. The number of rotatable bonds is 6. The summed E-state index contributed by atoms with van der Waals surface area (Å²) in [5.41, 5.74) is 1.10. The number of halogens is 2. The average molecular weight is 406 g/mol. The van der Waals surface area contributed by atoms with E-state index >= 15 is 0 Å². The van der Waals surface area contributed by atoms with E-state index in [-0.39, 0.29) is 11.4 Å². The van der Waals surface area contributed by atoms with Crippen molar-refractivity contribution in [3.8, 4) is 5.75 Å². The van der Waals surface area contributed by atoms with Gasteiger partial charge in [-0.15, -0.1) is 0 Å². The highest BCUT2D eigenvalue weighted by molar-refractivity contribution is 7.92. The Bertz CT molecular complexity index is 1060. The Morgan fingerprint density at radius 3 is 2.44 bits per heavy atom. The number of benzene rings is 3. The second-order valence-corrected chi connectivity index (χ2v) is 8.10. The minimum atomic E-state index is -4.02. The number of nitrogens with zero attached hydrogens (tertiary/aromatic N) is 1.